The number of pyridine rings is 1. The third kappa shape index (κ3) is 3.88. The largest absolute Gasteiger partial charge is 0.441 e. The molecule has 0 N–H and O–H groups in total. The van der Waals surface area contributed by atoms with Gasteiger partial charge < -0.3 is 4.42 Å². The van der Waals surface area contributed by atoms with E-state index in [0.29, 0.717) is 12.4 Å². The summed E-state index contributed by atoms with van der Waals surface area (Å²) in [4.78, 5) is 20.3. The normalized spacial score (nSPS) is 11.7. The van der Waals surface area contributed by atoms with Gasteiger partial charge in [0.25, 0.3) is 5.56 Å². The van der Waals surface area contributed by atoms with Crippen molar-refractivity contribution in [3.63, 3.8) is 0 Å². The number of benzene rings is 1. The molecule has 0 radical (unpaired) electrons. The van der Waals surface area contributed by atoms with Crippen LogP contribution in [0, 0.1) is 20.8 Å². The Kier molecular flexibility index (Phi) is 6.02. The number of fused-ring (bicyclic) bond motifs is 1. The summed E-state index contributed by atoms with van der Waals surface area (Å²) in [6.07, 6.45) is 0. The number of aryl methyl sites for hydroxylation is 4. The van der Waals surface area contributed by atoms with E-state index in [0.717, 1.165) is 64.5 Å². The molecule has 7 heteroatoms. The summed E-state index contributed by atoms with van der Waals surface area (Å²) in [5.41, 5.74) is 5.53. The second kappa shape index (κ2) is 8.74. The molecule has 0 aliphatic heterocycles. The van der Waals surface area contributed by atoms with Gasteiger partial charge in [-0.25, -0.2) is 4.98 Å². The third-order valence-corrected chi connectivity index (χ3v) is 6.20. The van der Waals surface area contributed by atoms with Crippen molar-refractivity contribution in [2.75, 3.05) is 13.1 Å². The summed E-state index contributed by atoms with van der Waals surface area (Å²) in [6, 6.07) is 9.77. The summed E-state index contributed by atoms with van der Waals surface area (Å²) >= 11 is 0. The lowest BCUT2D eigenvalue weighted by Gasteiger charge is -2.19. The summed E-state index contributed by atoms with van der Waals surface area (Å²) in [5.74, 6) is 1.30. The van der Waals surface area contributed by atoms with Gasteiger partial charge in [-0.2, -0.15) is 5.10 Å². The number of hydrogen-bond acceptors (Lipinski definition) is 5. The maximum atomic E-state index is 13.3. The van der Waals surface area contributed by atoms with Crippen LogP contribution in [0.1, 0.15) is 42.1 Å². The highest BCUT2D eigenvalue weighted by atomic mass is 16.4. The van der Waals surface area contributed by atoms with Crippen molar-refractivity contribution in [3.05, 3.63) is 69.0 Å². The highest BCUT2D eigenvalue weighted by Gasteiger charge is 2.20. The fraction of sp³-hybridized carbons (Fsp3) is 0.400. The molecule has 0 fully saturated rings. The lowest BCUT2D eigenvalue weighted by molar-refractivity contribution is 0.296. The Hall–Kier alpha value is -3.19. The van der Waals surface area contributed by atoms with Crippen LogP contribution >= 0.6 is 0 Å². The molecule has 7 nitrogen and oxygen atoms in total. The first kappa shape index (κ1) is 22.0. The Morgan fingerprint density at radius 2 is 1.81 bits per heavy atom. The molecule has 0 unspecified atom stereocenters. The van der Waals surface area contributed by atoms with Gasteiger partial charge >= 0.3 is 0 Å². The van der Waals surface area contributed by atoms with Gasteiger partial charge in [0.15, 0.2) is 0 Å². The Morgan fingerprint density at radius 1 is 1.09 bits per heavy atom. The molecule has 1 aromatic carbocycles. The van der Waals surface area contributed by atoms with Gasteiger partial charge in [-0.3, -0.25) is 18.9 Å². The zero-order valence-corrected chi connectivity index (χ0v) is 19.8. The molecule has 0 bridgehead atoms. The van der Waals surface area contributed by atoms with Crippen molar-refractivity contribution in [2.45, 2.75) is 47.7 Å². The van der Waals surface area contributed by atoms with E-state index in [-0.39, 0.29) is 5.56 Å². The van der Waals surface area contributed by atoms with E-state index in [2.05, 4.69) is 23.8 Å². The fourth-order valence-corrected chi connectivity index (χ4v) is 4.35. The minimum absolute atomic E-state index is 0.0532. The van der Waals surface area contributed by atoms with E-state index >= 15 is 0 Å². The van der Waals surface area contributed by atoms with E-state index in [1.165, 1.54) is 0 Å². The second-order valence-electron chi connectivity index (χ2n) is 8.30. The lowest BCUT2D eigenvalue weighted by Crippen LogP contribution is -2.27. The average Bonchev–Trinajstić information content (AvgIpc) is 3.27. The van der Waals surface area contributed by atoms with E-state index in [1.807, 2.05) is 52.1 Å². The zero-order chi connectivity index (χ0) is 23.0. The zero-order valence-electron chi connectivity index (χ0n) is 19.8. The Morgan fingerprint density at radius 3 is 2.50 bits per heavy atom. The van der Waals surface area contributed by atoms with Crippen LogP contribution in [0.2, 0.25) is 0 Å². The van der Waals surface area contributed by atoms with Gasteiger partial charge in [-0.15, -0.1) is 0 Å². The molecular formula is C25H31N5O2. The molecule has 0 aliphatic carbocycles. The Bertz CT molecular complexity index is 1320. The van der Waals surface area contributed by atoms with Crippen molar-refractivity contribution in [1.82, 2.24) is 24.2 Å². The monoisotopic (exact) mass is 433 g/mol. The van der Waals surface area contributed by atoms with Crippen LogP contribution in [0.5, 0.6) is 0 Å². The van der Waals surface area contributed by atoms with Gasteiger partial charge in [0, 0.05) is 30.6 Å². The van der Waals surface area contributed by atoms with Crippen LogP contribution in [0.4, 0.5) is 0 Å². The van der Waals surface area contributed by atoms with Crippen LogP contribution in [-0.4, -0.2) is 37.3 Å². The molecule has 0 saturated carbocycles. The van der Waals surface area contributed by atoms with Crippen LogP contribution in [0.15, 0.2) is 39.5 Å². The molecule has 0 saturated heterocycles. The van der Waals surface area contributed by atoms with Crippen molar-refractivity contribution >= 4 is 11.0 Å². The van der Waals surface area contributed by atoms with E-state index < -0.39 is 0 Å². The smallest absolute Gasteiger partial charge is 0.252 e. The molecule has 3 heterocycles. The van der Waals surface area contributed by atoms with Crippen molar-refractivity contribution < 1.29 is 4.42 Å². The number of aromatic nitrogens is 4. The number of oxazole rings is 1. The highest BCUT2D eigenvalue weighted by Crippen LogP contribution is 2.27. The number of hydrogen-bond donors (Lipinski definition) is 0. The SMILES string of the molecule is CCN(CC)Cc1cc(=O)n(Cc2nc(-c3ccccc3C)oc2C)c2c1c(C)nn2C. The predicted octanol–water partition coefficient (Wildman–Crippen LogP) is 4.21. The molecular weight excluding hydrogens is 402 g/mol. The molecule has 0 atom stereocenters. The molecule has 0 amide bonds. The van der Waals surface area contributed by atoms with E-state index in [4.69, 9.17) is 9.40 Å². The quantitative estimate of drug-likeness (QED) is 0.437. The first-order valence-electron chi connectivity index (χ1n) is 11.1. The first-order valence-corrected chi connectivity index (χ1v) is 11.1. The van der Waals surface area contributed by atoms with E-state index in [1.54, 1.807) is 15.3 Å². The topological polar surface area (TPSA) is 69.1 Å². The van der Waals surface area contributed by atoms with Crippen molar-refractivity contribution in [3.8, 4) is 11.5 Å². The second-order valence-corrected chi connectivity index (χ2v) is 8.30. The average molecular weight is 434 g/mol. The molecule has 0 aliphatic rings. The van der Waals surface area contributed by atoms with Crippen molar-refractivity contribution in [2.24, 2.45) is 7.05 Å². The summed E-state index contributed by atoms with van der Waals surface area (Å²) in [7, 11) is 1.89. The summed E-state index contributed by atoms with van der Waals surface area (Å²) < 4.78 is 9.55. The summed E-state index contributed by atoms with van der Waals surface area (Å²) in [5, 5.41) is 5.68. The van der Waals surface area contributed by atoms with Crippen LogP contribution in [0.3, 0.4) is 0 Å². The molecule has 4 aromatic rings. The molecule has 32 heavy (non-hydrogen) atoms. The van der Waals surface area contributed by atoms with Gasteiger partial charge in [0.1, 0.15) is 17.1 Å². The van der Waals surface area contributed by atoms with Crippen LogP contribution < -0.4 is 5.56 Å². The Balaban J connectivity index is 1.81. The van der Waals surface area contributed by atoms with Crippen LogP contribution in [0.25, 0.3) is 22.5 Å². The third-order valence-electron chi connectivity index (χ3n) is 6.20. The van der Waals surface area contributed by atoms with Crippen molar-refractivity contribution in [1.29, 1.82) is 0 Å². The van der Waals surface area contributed by atoms with Gasteiger partial charge in [-0.1, -0.05) is 32.0 Å². The fourth-order valence-electron chi connectivity index (χ4n) is 4.35. The molecule has 4 rings (SSSR count). The minimum Gasteiger partial charge on any atom is -0.441 e. The highest BCUT2D eigenvalue weighted by molar-refractivity contribution is 5.82. The standard InChI is InChI=1S/C25H31N5O2/c1-7-29(8-2)14-19-13-22(31)30(25-23(19)17(4)27-28(25)6)15-21-18(5)32-24(26-21)20-12-10-9-11-16(20)3/h9-13H,7-8,14-15H2,1-6H3. The number of nitrogens with zero attached hydrogens (tertiary/aromatic N) is 5. The number of rotatable bonds is 7. The Labute approximate surface area is 188 Å². The molecule has 0 spiro atoms. The van der Waals surface area contributed by atoms with Crippen LogP contribution in [-0.2, 0) is 20.1 Å². The lowest BCUT2D eigenvalue weighted by atomic mass is 10.1. The maximum Gasteiger partial charge on any atom is 0.252 e. The maximum absolute atomic E-state index is 13.3. The van der Waals surface area contributed by atoms with Gasteiger partial charge in [-0.05, 0) is 51.1 Å². The summed E-state index contributed by atoms with van der Waals surface area (Å²) in [6.45, 7) is 13.1. The molecule has 168 valence electrons. The molecule has 3 aromatic heterocycles. The van der Waals surface area contributed by atoms with Gasteiger partial charge in [0.2, 0.25) is 5.89 Å². The minimum atomic E-state index is -0.0532. The van der Waals surface area contributed by atoms with E-state index in [9.17, 15) is 4.79 Å². The first-order chi connectivity index (χ1) is 15.3. The van der Waals surface area contributed by atoms with Gasteiger partial charge in [0.05, 0.1) is 12.2 Å². The predicted molar refractivity (Wildman–Crippen MR) is 127 cm³/mol.